The summed E-state index contributed by atoms with van der Waals surface area (Å²) < 4.78 is 0. The predicted molar refractivity (Wildman–Crippen MR) is 96.6 cm³/mol. The number of piperidine rings is 2. The van der Waals surface area contributed by atoms with E-state index in [1.165, 1.54) is 0 Å². The van der Waals surface area contributed by atoms with Crippen molar-refractivity contribution in [2.45, 2.75) is 32.6 Å². The van der Waals surface area contributed by atoms with Gasteiger partial charge in [-0.15, -0.1) is 0 Å². The Kier molecular flexibility index (Phi) is 5.30. The number of carbonyl (C=O) groups excluding carboxylic acids is 2. The van der Waals surface area contributed by atoms with E-state index in [1.807, 2.05) is 18.2 Å². The average molecular weight is 358 g/mol. The molecule has 0 saturated carbocycles. The number of carboxylic acid groups (broad SMARTS) is 1. The van der Waals surface area contributed by atoms with Crippen LogP contribution in [0.5, 0.6) is 0 Å². The molecule has 2 aliphatic rings. The highest BCUT2D eigenvalue weighted by Gasteiger charge is 2.41. The van der Waals surface area contributed by atoms with E-state index < -0.39 is 11.4 Å². The van der Waals surface area contributed by atoms with Crippen LogP contribution in [0.15, 0.2) is 30.3 Å². The topological polar surface area (TPSA) is 77.9 Å². The standard InChI is InChI=1S/C20H26N2O4/c1-20(19(25)26)10-5-11-22(14-20)18(24)16-8-12-21(13-9-16)17(23)15-6-3-2-4-7-15/h2-4,6-7,16H,5,8-14H2,1H3,(H,25,26). The molecule has 2 heterocycles. The van der Waals surface area contributed by atoms with Crippen LogP contribution in [0.4, 0.5) is 0 Å². The van der Waals surface area contributed by atoms with Crippen LogP contribution in [-0.2, 0) is 9.59 Å². The molecule has 2 saturated heterocycles. The highest BCUT2D eigenvalue weighted by atomic mass is 16.4. The lowest BCUT2D eigenvalue weighted by Crippen LogP contribution is -2.51. The fraction of sp³-hybridized carbons (Fsp3) is 0.550. The van der Waals surface area contributed by atoms with Gasteiger partial charge in [0.15, 0.2) is 0 Å². The molecule has 0 aliphatic carbocycles. The molecule has 0 bridgehead atoms. The zero-order valence-electron chi connectivity index (χ0n) is 15.2. The third-order valence-electron chi connectivity index (χ3n) is 5.68. The minimum Gasteiger partial charge on any atom is -0.481 e. The first-order chi connectivity index (χ1) is 12.4. The number of aliphatic carboxylic acids is 1. The first-order valence-electron chi connectivity index (χ1n) is 9.27. The van der Waals surface area contributed by atoms with Crippen molar-refractivity contribution >= 4 is 17.8 Å². The molecular formula is C20H26N2O4. The molecule has 2 fully saturated rings. The van der Waals surface area contributed by atoms with Crippen molar-refractivity contribution in [3.63, 3.8) is 0 Å². The third-order valence-corrected chi connectivity index (χ3v) is 5.68. The summed E-state index contributed by atoms with van der Waals surface area (Å²) in [6, 6.07) is 9.18. The summed E-state index contributed by atoms with van der Waals surface area (Å²) in [6.45, 7) is 3.76. The van der Waals surface area contributed by atoms with Crippen LogP contribution in [0.3, 0.4) is 0 Å². The molecule has 6 nitrogen and oxygen atoms in total. The predicted octanol–water partition coefficient (Wildman–Crippen LogP) is 2.25. The number of hydrogen-bond donors (Lipinski definition) is 1. The van der Waals surface area contributed by atoms with Gasteiger partial charge in [0.2, 0.25) is 5.91 Å². The highest BCUT2D eigenvalue weighted by molar-refractivity contribution is 5.94. The van der Waals surface area contributed by atoms with Crippen molar-refractivity contribution < 1.29 is 19.5 Å². The lowest BCUT2D eigenvalue weighted by atomic mass is 9.81. The summed E-state index contributed by atoms with van der Waals surface area (Å²) in [4.78, 5) is 40.4. The van der Waals surface area contributed by atoms with Gasteiger partial charge in [-0.3, -0.25) is 14.4 Å². The largest absolute Gasteiger partial charge is 0.481 e. The lowest BCUT2D eigenvalue weighted by molar-refractivity contribution is -0.154. The highest BCUT2D eigenvalue weighted by Crippen LogP contribution is 2.31. The van der Waals surface area contributed by atoms with E-state index in [0.29, 0.717) is 44.5 Å². The van der Waals surface area contributed by atoms with Crippen LogP contribution in [0.2, 0.25) is 0 Å². The molecule has 140 valence electrons. The van der Waals surface area contributed by atoms with Gasteiger partial charge in [0, 0.05) is 37.7 Å². The van der Waals surface area contributed by atoms with Crippen molar-refractivity contribution in [3.05, 3.63) is 35.9 Å². The fourth-order valence-electron chi connectivity index (χ4n) is 3.95. The van der Waals surface area contributed by atoms with Crippen LogP contribution in [0.25, 0.3) is 0 Å². The maximum absolute atomic E-state index is 12.8. The van der Waals surface area contributed by atoms with Gasteiger partial charge in [0.1, 0.15) is 0 Å². The summed E-state index contributed by atoms with van der Waals surface area (Å²) >= 11 is 0. The zero-order chi connectivity index (χ0) is 18.7. The molecule has 0 aromatic heterocycles. The van der Waals surface area contributed by atoms with Crippen LogP contribution in [0.1, 0.15) is 43.0 Å². The van der Waals surface area contributed by atoms with Gasteiger partial charge < -0.3 is 14.9 Å². The summed E-state index contributed by atoms with van der Waals surface area (Å²) in [5.41, 5.74) is -0.178. The van der Waals surface area contributed by atoms with Gasteiger partial charge in [-0.05, 0) is 44.7 Å². The van der Waals surface area contributed by atoms with Gasteiger partial charge in [-0.25, -0.2) is 0 Å². The quantitative estimate of drug-likeness (QED) is 0.899. The molecule has 1 unspecified atom stereocenters. The molecule has 0 spiro atoms. The number of carboxylic acids is 1. The monoisotopic (exact) mass is 358 g/mol. The molecular weight excluding hydrogens is 332 g/mol. The number of amides is 2. The maximum atomic E-state index is 12.8. The van der Waals surface area contributed by atoms with Crippen LogP contribution < -0.4 is 0 Å². The molecule has 1 N–H and O–H groups in total. The van der Waals surface area contributed by atoms with E-state index >= 15 is 0 Å². The smallest absolute Gasteiger partial charge is 0.311 e. The summed E-state index contributed by atoms with van der Waals surface area (Å²) in [5, 5.41) is 9.43. The molecule has 1 aromatic carbocycles. The third kappa shape index (κ3) is 3.74. The first kappa shape index (κ1) is 18.4. The minimum absolute atomic E-state index is 0.00734. The molecule has 1 atom stereocenters. The number of nitrogens with zero attached hydrogens (tertiary/aromatic N) is 2. The Morgan fingerprint density at radius 2 is 1.69 bits per heavy atom. The molecule has 2 aliphatic heterocycles. The Balaban J connectivity index is 1.57. The van der Waals surface area contributed by atoms with Crippen LogP contribution in [-0.4, -0.2) is 58.9 Å². The summed E-state index contributed by atoms with van der Waals surface area (Å²) in [7, 11) is 0. The van der Waals surface area contributed by atoms with E-state index in [-0.39, 0.29) is 24.3 Å². The van der Waals surface area contributed by atoms with Gasteiger partial charge in [-0.2, -0.15) is 0 Å². The van der Waals surface area contributed by atoms with Crippen molar-refractivity contribution in [2.75, 3.05) is 26.2 Å². The minimum atomic E-state index is -0.849. The van der Waals surface area contributed by atoms with Gasteiger partial charge >= 0.3 is 5.97 Å². The molecule has 1 aromatic rings. The Hall–Kier alpha value is -2.37. The second-order valence-electron chi connectivity index (χ2n) is 7.66. The van der Waals surface area contributed by atoms with Gasteiger partial charge in [0.05, 0.1) is 5.41 Å². The second-order valence-corrected chi connectivity index (χ2v) is 7.66. The van der Waals surface area contributed by atoms with Crippen LogP contribution in [0, 0.1) is 11.3 Å². The first-order valence-corrected chi connectivity index (χ1v) is 9.27. The number of rotatable bonds is 3. The number of likely N-dealkylation sites (tertiary alicyclic amines) is 2. The van der Waals surface area contributed by atoms with Crippen LogP contribution >= 0.6 is 0 Å². The van der Waals surface area contributed by atoms with Crippen molar-refractivity contribution in [2.24, 2.45) is 11.3 Å². The number of carbonyl (C=O) groups is 3. The van der Waals surface area contributed by atoms with E-state index in [4.69, 9.17) is 0 Å². The average Bonchev–Trinajstić information content (AvgIpc) is 2.67. The van der Waals surface area contributed by atoms with E-state index in [1.54, 1.807) is 28.9 Å². The van der Waals surface area contributed by atoms with E-state index in [2.05, 4.69) is 0 Å². The molecule has 26 heavy (non-hydrogen) atoms. The Morgan fingerprint density at radius 1 is 1.04 bits per heavy atom. The normalized spacial score (nSPS) is 24.3. The van der Waals surface area contributed by atoms with Gasteiger partial charge in [0.25, 0.3) is 5.91 Å². The molecule has 0 radical (unpaired) electrons. The second kappa shape index (κ2) is 7.48. The van der Waals surface area contributed by atoms with Crippen molar-refractivity contribution in [3.8, 4) is 0 Å². The van der Waals surface area contributed by atoms with Crippen molar-refractivity contribution in [1.82, 2.24) is 9.80 Å². The van der Waals surface area contributed by atoms with Gasteiger partial charge in [-0.1, -0.05) is 18.2 Å². The Bertz CT molecular complexity index is 682. The molecule has 3 rings (SSSR count). The van der Waals surface area contributed by atoms with Crippen molar-refractivity contribution in [1.29, 1.82) is 0 Å². The summed E-state index contributed by atoms with van der Waals surface area (Å²) in [5.74, 6) is -0.902. The zero-order valence-corrected chi connectivity index (χ0v) is 15.2. The lowest BCUT2D eigenvalue weighted by Gasteiger charge is -2.40. The number of benzene rings is 1. The van der Waals surface area contributed by atoms with E-state index in [9.17, 15) is 19.5 Å². The summed E-state index contributed by atoms with van der Waals surface area (Å²) in [6.07, 6.45) is 2.60. The Morgan fingerprint density at radius 3 is 2.31 bits per heavy atom. The number of hydrogen-bond acceptors (Lipinski definition) is 3. The van der Waals surface area contributed by atoms with E-state index in [0.717, 1.165) is 6.42 Å². The molecule has 6 heteroatoms. The Labute approximate surface area is 153 Å². The SMILES string of the molecule is CC1(C(=O)O)CCCN(C(=O)C2CCN(C(=O)c3ccccc3)CC2)C1. The molecule has 2 amide bonds. The fourth-order valence-corrected chi connectivity index (χ4v) is 3.95. The maximum Gasteiger partial charge on any atom is 0.311 e.